The first-order valence-electron chi connectivity index (χ1n) is 8.43. The molecule has 7 heteroatoms. The van der Waals surface area contributed by atoms with E-state index in [9.17, 15) is 13.2 Å². The molecule has 1 atom stereocenters. The first-order chi connectivity index (χ1) is 12.4. The summed E-state index contributed by atoms with van der Waals surface area (Å²) in [5.74, 6) is 0.511. The van der Waals surface area contributed by atoms with Crippen LogP contribution in [0.1, 0.15) is 6.42 Å². The van der Waals surface area contributed by atoms with Crippen LogP contribution in [0, 0.1) is 0 Å². The third-order valence-electron chi connectivity index (χ3n) is 4.86. The molecule has 26 heavy (non-hydrogen) atoms. The van der Waals surface area contributed by atoms with Crippen LogP contribution in [0.4, 0.5) is 0 Å². The molecule has 1 aliphatic heterocycles. The van der Waals surface area contributed by atoms with Gasteiger partial charge in [-0.05, 0) is 30.7 Å². The van der Waals surface area contributed by atoms with Crippen molar-refractivity contribution in [2.75, 3.05) is 25.2 Å². The number of carbonyl (C=O) groups excluding carboxylic acids is 1. The van der Waals surface area contributed by atoms with Crippen molar-refractivity contribution in [1.29, 1.82) is 0 Å². The fraction of sp³-hybridized carbons (Fsp3) is 0.316. The summed E-state index contributed by atoms with van der Waals surface area (Å²) in [6.45, 7) is -0.131. The Morgan fingerprint density at radius 2 is 1.96 bits per heavy atom. The van der Waals surface area contributed by atoms with Crippen LogP contribution in [0.3, 0.4) is 0 Å². The van der Waals surface area contributed by atoms with E-state index < -0.39 is 9.84 Å². The zero-order valence-electron chi connectivity index (χ0n) is 14.3. The minimum atomic E-state index is -3.02. The van der Waals surface area contributed by atoms with Gasteiger partial charge in [0, 0.05) is 23.9 Å². The third-order valence-corrected chi connectivity index (χ3v) is 6.61. The minimum absolute atomic E-state index is 0.0300. The molecule has 1 saturated heterocycles. The molecule has 0 N–H and O–H groups in total. The second-order valence-electron chi connectivity index (χ2n) is 6.61. The molecule has 4 rings (SSSR count). The van der Waals surface area contributed by atoms with E-state index in [-0.39, 0.29) is 30.1 Å². The average Bonchev–Trinajstić information content (AvgIpc) is 3.18. The zero-order valence-corrected chi connectivity index (χ0v) is 15.2. The quantitative estimate of drug-likeness (QED) is 0.703. The van der Waals surface area contributed by atoms with E-state index in [0.717, 1.165) is 21.9 Å². The second-order valence-corrected chi connectivity index (χ2v) is 8.84. The van der Waals surface area contributed by atoms with Gasteiger partial charge in [-0.2, -0.15) is 0 Å². The van der Waals surface area contributed by atoms with E-state index in [1.165, 1.54) is 4.90 Å². The van der Waals surface area contributed by atoms with Gasteiger partial charge in [0.15, 0.2) is 16.4 Å². The largest absolute Gasteiger partial charge is 0.484 e. The summed E-state index contributed by atoms with van der Waals surface area (Å²) in [5.41, 5.74) is 1.57. The summed E-state index contributed by atoms with van der Waals surface area (Å²) >= 11 is 0. The van der Waals surface area contributed by atoms with Gasteiger partial charge >= 0.3 is 0 Å². The first-order valence-corrected chi connectivity index (χ1v) is 10.3. The highest BCUT2D eigenvalue weighted by molar-refractivity contribution is 7.91. The zero-order chi connectivity index (χ0) is 18.3. The fourth-order valence-corrected chi connectivity index (χ4v) is 5.10. The lowest BCUT2D eigenvalue weighted by Gasteiger charge is -2.23. The number of benzene rings is 2. The lowest BCUT2D eigenvalue weighted by atomic mass is 10.1. The number of furan rings is 1. The predicted octanol–water partition coefficient (Wildman–Crippen LogP) is 2.61. The van der Waals surface area contributed by atoms with Crippen LogP contribution in [0.15, 0.2) is 46.9 Å². The van der Waals surface area contributed by atoms with Crippen LogP contribution in [0.25, 0.3) is 21.9 Å². The van der Waals surface area contributed by atoms with Crippen molar-refractivity contribution in [3.05, 3.63) is 42.5 Å². The molecule has 0 spiro atoms. The molecule has 0 unspecified atom stereocenters. The maximum absolute atomic E-state index is 12.3. The molecular formula is C19H19NO5S. The van der Waals surface area contributed by atoms with Gasteiger partial charge in [-0.15, -0.1) is 0 Å². The predicted molar refractivity (Wildman–Crippen MR) is 99.0 cm³/mol. The van der Waals surface area contributed by atoms with Crippen LogP contribution in [-0.4, -0.2) is 50.4 Å². The number of para-hydroxylation sites is 1. The molecule has 1 aliphatic rings. The van der Waals surface area contributed by atoms with E-state index in [2.05, 4.69) is 0 Å². The maximum atomic E-state index is 12.3. The Morgan fingerprint density at radius 1 is 1.19 bits per heavy atom. The van der Waals surface area contributed by atoms with Crippen molar-refractivity contribution in [3.8, 4) is 5.75 Å². The van der Waals surface area contributed by atoms with Gasteiger partial charge in [0.25, 0.3) is 5.91 Å². The van der Waals surface area contributed by atoms with Gasteiger partial charge in [-0.3, -0.25) is 4.79 Å². The van der Waals surface area contributed by atoms with E-state index in [1.807, 2.05) is 36.4 Å². The summed E-state index contributed by atoms with van der Waals surface area (Å²) in [6.07, 6.45) is 0.484. The molecule has 0 bridgehead atoms. The van der Waals surface area contributed by atoms with Crippen molar-refractivity contribution >= 4 is 37.7 Å². The SMILES string of the molecule is CN(C(=O)COc1ccc2oc3ccccc3c2c1)[C@@H]1CCS(=O)(=O)C1. The topological polar surface area (TPSA) is 76.8 Å². The molecule has 3 aromatic rings. The number of likely N-dealkylation sites (N-methyl/N-ethyl adjacent to an activating group) is 1. The van der Waals surface area contributed by atoms with Crippen LogP contribution >= 0.6 is 0 Å². The number of hydrogen-bond acceptors (Lipinski definition) is 5. The molecule has 1 fully saturated rings. The Kier molecular flexibility index (Phi) is 4.11. The van der Waals surface area contributed by atoms with Gasteiger partial charge in [-0.1, -0.05) is 18.2 Å². The summed E-state index contributed by atoms with van der Waals surface area (Å²) < 4.78 is 34.6. The number of amides is 1. The number of ether oxygens (including phenoxy) is 1. The summed E-state index contributed by atoms with van der Waals surface area (Å²) in [5, 5.41) is 1.92. The molecular weight excluding hydrogens is 354 g/mol. The van der Waals surface area contributed by atoms with Gasteiger partial charge < -0.3 is 14.1 Å². The van der Waals surface area contributed by atoms with Gasteiger partial charge in [0.1, 0.15) is 16.9 Å². The third kappa shape index (κ3) is 3.14. The Balaban J connectivity index is 1.47. The molecule has 1 amide bonds. The van der Waals surface area contributed by atoms with Crippen LogP contribution < -0.4 is 4.74 Å². The Morgan fingerprint density at radius 3 is 2.73 bits per heavy atom. The van der Waals surface area contributed by atoms with Crippen LogP contribution in [0.5, 0.6) is 5.75 Å². The monoisotopic (exact) mass is 373 g/mol. The molecule has 2 heterocycles. The van der Waals surface area contributed by atoms with Gasteiger partial charge in [0.2, 0.25) is 0 Å². The highest BCUT2D eigenvalue weighted by Crippen LogP contribution is 2.31. The highest BCUT2D eigenvalue weighted by Gasteiger charge is 2.32. The fourth-order valence-electron chi connectivity index (χ4n) is 3.33. The summed E-state index contributed by atoms with van der Waals surface area (Å²) in [6, 6.07) is 12.9. The molecule has 136 valence electrons. The van der Waals surface area contributed by atoms with Crippen LogP contribution in [0.2, 0.25) is 0 Å². The van der Waals surface area contributed by atoms with E-state index in [0.29, 0.717) is 12.2 Å². The number of hydrogen-bond donors (Lipinski definition) is 0. The number of nitrogens with zero attached hydrogens (tertiary/aromatic N) is 1. The number of sulfone groups is 1. The highest BCUT2D eigenvalue weighted by atomic mass is 32.2. The molecule has 6 nitrogen and oxygen atoms in total. The first kappa shape index (κ1) is 16.9. The van der Waals surface area contributed by atoms with Crippen molar-refractivity contribution < 1.29 is 22.4 Å². The Bertz CT molecular complexity index is 1090. The lowest BCUT2D eigenvalue weighted by Crippen LogP contribution is -2.40. The number of rotatable bonds is 4. The summed E-state index contributed by atoms with van der Waals surface area (Å²) in [7, 11) is -1.40. The van der Waals surface area contributed by atoms with E-state index in [4.69, 9.17) is 9.15 Å². The van der Waals surface area contributed by atoms with E-state index in [1.54, 1.807) is 13.1 Å². The smallest absolute Gasteiger partial charge is 0.260 e. The molecule has 0 radical (unpaired) electrons. The number of fused-ring (bicyclic) bond motifs is 3. The Labute approximate surface area is 151 Å². The van der Waals surface area contributed by atoms with Crippen molar-refractivity contribution in [2.24, 2.45) is 0 Å². The van der Waals surface area contributed by atoms with Crippen molar-refractivity contribution in [1.82, 2.24) is 4.90 Å². The number of carbonyl (C=O) groups is 1. The second kappa shape index (κ2) is 6.32. The van der Waals surface area contributed by atoms with Crippen molar-refractivity contribution in [2.45, 2.75) is 12.5 Å². The van der Waals surface area contributed by atoms with Gasteiger partial charge in [-0.25, -0.2) is 8.42 Å². The minimum Gasteiger partial charge on any atom is -0.484 e. The summed E-state index contributed by atoms with van der Waals surface area (Å²) in [4.78, 5) is 13.8. The van der Waals surface area contributed by atoms with Crippen molar-refractivity contribution in [3.63, 3.8) is 0 Å². The molecule has 2 aromatic carbocycles. The lowest BCUT2D eigenvalue weighted by molar-refractivity contribution is -0.133. The molecule has 0 saturated carbocycles. The maximum Gasteiger partial charge on any atom is 0.260 e. The van der Waals surface area contributed by atoms with Crippen LogP contribution in [-0.2, 0) is 14.6 Å². The van der Waals surface area contributed by atoms with Gasteiger partial charge in [0.05, 0.1) is 11.5 Å². The molecule has 0 aliphatic carbocycles. The average molecular weight is 373 g/mol. The molecule has 1 aromatic heterocycles. The van der Waals surface area contributed by atoms with E-state index >= 15 is 0 Å². The standard InChI is InChI=1S/C19H19NO5S/c1-20(13-8-9-26(22,23)12-13)19(21)11-24-14-6-7-18-16(10-14)15-4-2-3-5-17(15)25-18/h2-7,10,13H,8-9,11-12H2,1H3/t13-/m1/s1. The Hall–Kier alpha value is -2.54. The normalized spacial score (nSPS) is 19.0.